The van der Waals surface area contributed by atoms with Gasteiger partial charge in [0.25, 0.3) is 5.91 Å². The van der Waals surface area contributed by atoms with E-state index in [1.54, 1.807) is 35.2 Å². The number of carbonyl (C=O) groups excluding carboxylic acids is 2. The number of methoxy groups -OCH3 is 1. The smallest absolute Gasteiger partial charge is 0.256 e. The average Bonchev–Trinajstić information content (AvgIpc) is 3.08. The Bertz CT molecular complexity index is 1360. The average molecular weight is 581 g/mol. The molecular weight excluding hydrogens is 560 g/mol. The molecule has 0 saturated carbocycles. The van der Waals surface area contributed by atoms with Crippen molar-refractivity contribution in [2.75, 3.05) is 23.9 Å². The van der Waals surface area contributed by atoms with Gasteiger partial charge in [-0.05, 0) is 78.8 Å². The zero-order valence-corrected chi connectivity index (χ0v) is 22.6. The van der Waals surface area contributed by atoms with Gasteiger partial charge in [0.2, 0.25) is 5.91 Å². The summed E-state index contributed by atoms with van der Waals surface area (Å²) in [4.78, 5) is 29.5. The number of nitrogens with zero attached hydrogens (tertiary/aromatic N) is 2. The summed E-state index contributed by atoms with van der Waals surface area (Å²) in [7, 11) is 1.49. The number of rotatable bonds is 8. The molecule has 192 valence electrons. The largest absolute Gasteiger partial charge is 0.495 e. The van der Waals surface area contributed by atoms with E-state index in [1.165, 1.54) is 36.3 Å². The van der Waals surface area contributed by atoms with Crippen molar-refractivity contribution in [3.63, 3.8) is 0 Å². The lowest BCUT2D eigenvalue weighted by Gasteiger charge is -2.24. The first-order chi connectivity index (χ1) is 17.7. The molecule has 2 amide bonds. The molecule has 1 N–H and O–H groups in total. The second-order valence-electron chi connectivity index (χ2n) is 8.23. The van der Waals surface area contributed by atoms with Gasteiger partial charge in [-0.3, -0.25) is 14.5 Å². The molecule has 1 fully saturated rings. The van der Waals surface area contributed by atoms with Crippen LogP contribution >= 0.6 is 47.0 Å². The van der Waals surface area contributed by atoms with Crippen LogP contribution in [0.2, 0.25) is 15.1 Å². The molecule has 0 radical (unpaired) electrons. The van der Waals surface area contributed by atoms with E-state index in [0.29, 0.717) is 45.2 Å². The highest BCUT2D eigenvalue weighted by Gasteiger charge is 2.44. The van der Waals surface area contributed by atoms with Gasteiger partial charge in [0, 0.05) is 22.3 Å². The molecule has 0 aromatic heterocycles. The molecule has 37 heavy (non-hydrogen) atoms. The SMILES string of the molecule is COc1ccc(N2C(=O)[C@@H](CC(=O)Nc3ccc(F)cc3)N(CCc3ccc(Cl)cc3Cl)C2=S)cc1Cl. The predicted octanol–water partition coefficient (Wildman–Crippen LogP) is 6.37. The fourth-order valence-electron chi connectivity index (χ4n) is 4.01. The van der Waals surface area contributed by atoms with E-state index in [2.05, 4.69) is 5.32 Å². The summed E-state index contributed by atoms with van der Waals surface area (Å²) in [6, 6.07) is 14.6. The summed E-state index contributed by atoms with van der Waals surface area (Å²) < 4.78 is 18.4. The monoisotopic (exact) mass is 579 g/mol. The lowest BCUT2D eigenvalue weighted by molar-refractivity contribution is -0.124. The fourth-order valence-corrected chi connectivity index (χ4v) is 5.17. The van der Waals surface area contributed by atoms with Crippen LogP contribution in [0.4, 0.5) is 15.8 Å². The van der Waals surface area contributed by atoms with Gasteiger partial charge in [-0.2, -0.15) is 0 Å². The third-order valence-electron chi connectivity index (χ3n) is 5.86. The van der Waals surface area contributed by atoms with E-state index < -0.39 is 17.8 Å². The maximum absolute atomic E-state index is 13.6. The summed E-state index contributed by atoms with van der Waals surface area (Å²) in [5, 5.41) is 4.25. The van der Waals surface area contributed by atoms with Crippen LogP contribution in [0.25, 0.3) is 0 Å². The molecule has 11 heteroatoms. The number of nitrogens with one attached hydrogen (secondary N) is 1. The third kappa shape index (κ3) is 6.15. The molecule has 3 aromatic carbocycles. The van der Waals surface area contributed by atoms with E-state index in [-0.39, 0.29) is 17.4 Å². The lowest BCUT2D eigenvalue weighted by atomic mass is 10.1. The van der Waals surface area contributed by atoms with Crippen molar-refractivity contribution in [3.05, 3.63) is 87.1 Å². The van der Waals surface area contributed by atoms with Crippen molar-refractivity contribution in [3.8, 4) is 5.75 Å². The molecule has 1 atom stereocenters. The van der Waals surface area contributed by atoms with Crippen LogP contribution in [0.5, 0.6) is 5.75 Å². The summed E-state index contributed by atoms with van der Waals surface area (Å²) in [6.45, 7) is 0.320. The molecular formula is C26H21Cl3FN3O3S. The van der Waals surface area contributed by atoms with Gasteiger partial charge in [-0.15, -0.1) is 0 Å². The number of hydrogen-bond donors (Lipinski definition) is 1. The number of hydrogen-bond acceptors (Lipinski definition) is 4. The zero-order chi connectivity index (χ0) is 26.7. The number of amides is 2. The van der Waals surface area contributed by atoms with Crippen LogP contribution in [0.1, 0.15) is 12.0 Å². The highest BCUT2D eigenvalue weighted by molar-refractivity contribution is 7.80. The molecule has 1 saturated heterocycles. The van der Waals surface area contributed by atoms with Gasteiger partial charge in [0.15, 0.2) is 5.11 Å². The van der Waals surface area contributed by atoms with Crippen molar-refractivity contribution >= 4 is 75.3 Å². The Morgan fingerprint density at radius 2 is 1.78 bits per heavy atom. The lowest BCUT2D eigenvalue weighted by Crippen LogP contribution is -2.39. The number of anilines is 2. The van der Waals surface area contributed by atoms with Gasteiger partial charge >= 0.3 is 0 Å². The van der Waals surface area contributed by atoms with Gasteiger partial charge in [-0.1, -0.05) is 40.9 Å². The van der Waals surface area contributed by atoms with Crippen molar-refractivity contribution in [2.45, 2.75) is 18.9 Å². The quantitative estimate of drug-likeness (QED) is 0.314. The molecule has 4 rings (SSSR count). The molecule has 3 aromatic rings. The van der Waals surface area contributed by atoms with Crippen LogP contribution in [0.3, 0.4) is 0 Å². The van der Waals surface area contributed by atoms with E-state index in [9.17, 15) is 14.0 Å². The van der Waals surface area contributed by atoms with Crippen LogP contribution in [-0.4, -0.2) is 41.5 Å². The molecule has 0 bridgehead atoms. The number of benzene rings is 3. The number of thiocarbonyl (C=S) groups is 1. The normalized spacial score (nSPS) is 15.3. The minimum absolute atomic E-state index is 0.176. The maximum Gasteiger partial charge on any atom is 0.256 e. The first-order valence-electron chi connectivity index (χ1n) is 11.2. The summed E-state index contributed by atoms with van der Waals surface area (Å²) in [5.41, 5.74) is 1.69. The first-order valence-corrected chi connectivity index (χ1v) is 12.7. The molecule has 6 nitrogen and oxygen atoms in total. The van der Waals surface area contributed by atoms with Crippen molar-refractivity contribution in [1.29, 1.82) is 0 Å². The Labute approximate surface area is 233 Å². The molecule has 1 aliphatic heterocycles. The summed E-state index contributed by atoms with van der Waals surface area (Å²) in [5.74, 6) is -0.762. The van der Waals surface area contributed by atoms with E-state index in [0.717, 1.165) is 5.56 Å². The highest BCUT2D eigenvalue weighted by Crippen LogP contribution is 2.34. The minimum Gasteiger partial charge on any atom is -0.495 e. The summed E-state index contributed by atoms with van der Waals surface area (Å²) in [6.07, 6.45) is 0.280. The van der Waals surface area contributed by atoms with Crippen LogP contribution in [0.15, 0.2) is 60.7 Å². The van der Waals surface area contributed by atoms with Crippen LogP contribution in [-0.2, 0) is 16.0 Å². The topological polar surface area (TPSA) is 61.9 Å². The molecule has 0 aliphatic carbocycles. The molecule has 0 unspecified atom stereocenters. The standard InChI is InChI=1S/C26H21Cl3FN3O3S/c1-36-23-9-8-19(13-21(23)29)33-25(35)22(14-24(34)31-18-6-4-17(30)5-7-18)32(26(33)37)11-10-15-2-3-16(27)12-20(15)28/h2-9,12-13,22H,10-11,14H2,1H3,(H,31,34)/t22-/m1/s1. The van der Waals surface area contributed by atoms with Crippen molar-refractivity contribution < 1.29 is 18.7 Å². The number of carbonyl (C=O) groups is 2. The number of halogens is 4. The third-order valence-corrected chi connectivity index (χ3v) is 7.16. The summed E-state index contributed by atoms with van der Waals surface area (Å²) >= 11 is 24.3. The zero-order valence-electron chi connectivity index (χ0n) is 19.5. The van der Waals surface area contributed by atoms with E-state index >= 15 is 0 Å². The predicted molar refractivity (Wildman–Crippen MR) is 148 cm³/mol. The maximum atomic E-state index is 13.6. The van der Waals surface area contributed by atoms with E-state index in [1.807, 2.05) is 6.07 Å². The Hall–Kier alpha value is -2.91. The van der Waals surface area contributed by atoms with Gasteiger partial charge in [-0.25, -0.2) is 4.39 Å². The Morgan fingerprint density at radius 3 is 2.43 bits per heavy atom. The first kappa shape index (κ1) is 27.1. The Kier molecular flexibility index (Phi) is 8.54. The van der Waals surface area contributed by atoms with Crippen molar-refractivity contribution in [1.82, 2.24) is 4.90 Å². The second-order valence-corrected chi connectivity index (χ2v) is 9.85. The molecule has 1 aliphatic rings. The van der Waals surface area contributed by atoms with Crippen LogP contribution in [0, 0.1) is 5.82 Å². The Balaban J connectivity index is 1.59. The second kappa shape index (κ2) is 11.6. The van der Waals surface area contributed by atoms with Gasteiger partial charge in [0.1, 0.15) is 17.6 Å². The molecule has 1 heterocycles. The number of ether oxygens (including phenoxy) is 1. The molecule has 0 spiro atoms. The van der Waals surface area contributed by atoms with Gasteiger partial charge in [0.05, 0.1) is 24.2 Å². The highest BCUT2D eigenvalue weighted by atomic mass is 35.5. The fraction of sp³-hybridized carbons (Fsp3) is 0.192. The Morgan fingerprint density at radius 1 is 1.05 bits per heavy atom. The van der Waals surface area contributed by atoms with Gasteiger partial charge < -0.3 is 15.0 Å². The minimum atomic E-state index is -0.875. The van der Waals surface area contributed by atoms with Crippen molar-refractivity contribution in [2.24, 2.45) is 0 Å². The van der Waals surface area contributed by atoms with Crippen LogP contribution < -0.4 is 15.0 Å². The van der Waals surface area contributed by atoms with E-state index in [4.69, 9.17) is 51.8 Å².